The van der Waals surface area contributed by atoms with Gasteiger partial charge in [0.25, 0.3) is 5.91 Å². The van der Waals surface area contributed by atoms with Crippen LogP contribution in [0.4, 0.5) is 0 Å². The fourth-order valence-corrected chi connectivity index (χ4v) is 3.77. The van der Waals surface area contributed by atoms with Gasteiger partial charge in [0, 0.05) is 25.3 Å². The maximum atomic E-state index is 12.6. The molecule has 0 N–H and O–H groups in total. The van der Waals surface area contributed by atoms with Crippen LogP contribution in [-0.4, -0.2) is 49.8 Å². The number of carbonyl (C=O) groups is 1. The molecule has 2 heterocycles. The number of benzene rings is 2. The summed E-state index contributed by atoms with van der Waals surface area (Å²) in [5.74, 6) is 0.0903. The highest BCUT2D eigenvalue weighted by molar-refractivity contribution is 5.94. The normalized spacial score (nSPS) is 20.3. The van der Waals surface area contributed by atoms with E-state index in [-0.39, 0.29) is 5.91 Å². The largest absolute Gasteiger partial charge is 0.378 e. The lowest BCUT2D eigenvalue weighted by atomic mass is 9.94. The van der Waals surface area contributed by atoms with Crippen molar-refractivity contribution < 1.29 is 14.3 Å². The lowest BCUT2D eigenvalue weighted by Crippen LogP contribution is -2.40. The highest BCUT2D eigenvalue weighted by Crippen LogP contribution is 2.27. The van der Waals surface area contributed by atoms with Crippen molar-refractivity contribution in [1.29, 1.82) is 0 Å². The Morgan fingerprint density at radius 1 is 1.00 bits per heavy atom. The van der Waals surface area contributed by atoms with E-state index >= 15 is 0 Å². The molecule has 0 bridgehead atoms. The molecule has 4 heteroatoms. The predicted molar refractivity (Wildman–Crippen MR) is 101 cm³/mol. The van der Waals surface area contributed by atoms with Gasteiger partial charge in [-0.3, -0.25) is 4.79 Å². The van der Waals surface area contributed by atoms with Gasteiger partial charge >= 0.3 is 0 Å². The second-order valence-corrected chi connectivity index (χ2v) is 6.98. The third-order valence-electron chi connectivity index (χ3n) is 5.23. The van der Waals surface area contributed by atoms with E-state index in [1.165, 1.54) is 11.1 Å². The number of nitrogens with zero attached hydrogens (tertiary/aromatic N) is 1. The molecule has 0 unspecified atom stereocenters. The maximum Gasteiger partial charge on any atom is 0.254 e. The van der Waals surface area contributed by atoms with Gasteiger partial charge in [0.15, 0.2) is 0 Å². The molecule has 0 aromatic heterocycles. The minimum Gasteiger partial charge on any atom is -0.378 e. The summed E-state index contributed by atoms with van der Waals surface area (Å²) >= 11 is 0. The van der Waals surface area contributed by atoms with Crippen molar-refractivity contribution in [3.8, 4) is 11.1 Å². The quantitative estimate of drug-likeness (QED) is 0.846. The monoisotopic (exact) mass is 351 g/mol. The molecule has 2 aliphatic rings. The number of morpholine rings is 1. The number of hydrogen-bond acceptors (Lipinski definition) is 3. The Bertz CT molecular complexity index is 744. The van der Waals surface area contributed by atoms with E-state index in [4.69, 9.17) is 9.47 Å². The third kappa shape index (κ3) is 3.81. The Morgan fingerprint density at radius 3 is 2.50 bits per heavy atom. The molecule has 2 aromatic rings. The SMILES string of the molecule is O=C(c1ccc(-c2ccccc2C[C@@H]2CCCO2)cc1)N1CCOCC1. The standard InChI is InChI=1S/C22H25NO3/c24-22(23-11-14-25-15-12-23)18-9-7-17(8-10-18)21-6-2-1-4-19(21)16-20-5-3-13-26-20/h1-2,4,6-10,20H,3,5,11-16H2/t20-/m0/s1. The molecule has 2 saturated heterocycles. The Labute approximate surface area is 154 Å². The summed E-state index contributed by atoms with van der Waals surface area (Å²) in [6, 6.07) is 16.5. The van der Waals surface area contributed by atoms with Crippen LogP contribution in [-0.2, 0) is 15.9 Å². The van der Waals surface area contributed by atoms with E-state index in [1.807, 2.05) is 17.0 Å². The van der Waals surface area contributed by atoms with Crippen LogP contribution in [0.3, 0.4) is 0 Å². The zero-order valence-corrected chi connectivity index (χ0v) is 15.0. The van der Waals surface area contributed by atoms with Crippen LogP contribution < -0.4 is 0 Å². The molecule has 0 saturated carbocycles. The van der Waals surface area contributed by atoms with Crippen molar-refractivity contribution in [2.45, 2.75) is 25.4 Å². The highest BCUT2D eigenvalue weighted by atomic mass is 16.5. The average molecular weight is 351 g/mol. The van der Waals surface area contributed by atoms with Gasteiger partial charge < -0.3 is 14.4 Å². The Balaban J connectivity index is 1.52. The van der Waals surface area contributed by atoms with E-state index in [9.17, 15) is 4.79 Å². The van der Waals surface area contributed by atoms with Gasteiger partial charge in [-0.1, -0.05) is 36.4 Å². The Kier molecular flexibility index (Phi) is 5.32. The number of ether oxygens (including phenoxy) is 2. The fourth-order valence-electron chi connectivity index (χ4n) is 3.77. The van der Waals surface area contributed by atoms with Crippen molar-refractivity contribution in [1.82, 2.24) is 4.90 Å². The summed E-state index contributed by atoms with van der Waals surface area (Å²) < 4.78 is 11.1. The summed E-state index contributed by atoms with van der Waals surface area (Å²) in [4.78, 5) is 14.5. The summed E-state index contributed by atoms with van der Waals surface area (Å²) in [5.41, 5.74) is 4.43. The van der Waals surface area contributed by atoms with E-state index in [0.717, 1.165) is 37.0 Å². The average Bonchev–Trinajstić information content (AvgIpc) is 3.22. The first-order valence-electron chi connectivity index (χ1n) is 9.48. The highest BCUT2D eigenvalue weighted by Gasteiger charge is 2.20. The smallest absolute Gasteiger partial charge is 0.254 e. The molecule has 2 fully saturated rings. The van der Waals surface area contributed by atoms with Crippen LogP contribution in [0.5, 0.6) is 0 Å². The molecule has 0 radical (unpaired) electrons. The summed E-state index contributed by atoms with van der Waals surface area (Å²) in [5, 5.41) is 0. The predicted octanol–water partition coefficient (Wildman–Crippen LogP) is 3.55. The van der Waals surface area contributed by atoms with Crippen LogP contribution in [0, 0.1) is 0 Å². The molecular weight excluding hydrogens is 326 g/mol. The first kappa shape index (κ1) is 17.3. The van der Waals surface area contributed by atoms with Crippen LogP contribution >= 0.6 is 0 Å². The number of rotatable bonds is 4. The molecular formula is C22H25NO3. The summed E-state index contributed by atoms with van der Waals surface area (Å²) in [7, 11) is 0. The minimum absolute atomic E-state index is 0.0903. The molecule has 2 aromatic carbocycles. The van der Waals surface area contributed by atoms with Gasteiger partial charge in [0.2, 0.25) is 0 Å². The van der Waals surface area contributed by atoms with Crippen LogP contribution in [0.1, 0.15) is 28.8 Å². The van der Waals surface area contributed by atoms with E-state index in [2.05, 4.69) is 36.4 Å². The first-order valence-corrected chi connectivity index (χ1v) is 9.48. The number of carbonyl (C=O) groups excluding carboxylic acids is 1. The molecule has 136 valence electrons. The van der Waals surface area contributed by atoms with Gasteiger partial charge in [-0.15, -0.1) is 0 Å². The summed E-state index contributed by atoms with van der Waals surface area (Å²) in [6.07, 6.45) is 3.58. The van der Waals surface area contributed by atoms with Crippen molar-refractivity contribution in [2.75, 3.05) is 32.9 Å². The second-order valence-electron chi connectivity index (χ2n) is 6.98. The molecule has 0 spiro atoms. The Hall–Kier alpha value is -2.17. The molecule has 2 aliphatic heterocycles. The van der Waals surface area contributed by atoms with Crippen LogP contribution in [0.25, 0.3) is 11.1 Å². The molecule has 4 nitrogen and oxygen atoms in total. The Morgan fingerprint density at radius 2 is 1.77 bits per heavy atom. The van der Waals surface area contributed by atoms with Crippen LogP contribution in [0.2, 0.25) is 0 Å². The lowest BCUT2D eigenvalue weighted by molar-refractivity contribution is 0.0303. The first-order chi connectivity index (χ1) is 12.8. The van der Waals surface area contributed by atoms with Crippen molar-refractivity contribution >= 4 is 5.91 Å². The molecule has 0 aliphatic carbocycles. The number of hydrogen-bond donors (Lipinski definition) is 0. The zero-order valence-electron chi connectivity index (χ0n) is 15.0. The molecule has 4 rings (SSSR count). The molecule has 1 atom stereocenters. The third-order valence-corrected chi connectivity index (χ3v) is 5.23. The van der Waals surface area contributed by atoms with Gasteiger partial charge in [0.05, 0.1) is 19.3 Å². The van der Waals surface area contributed by atoms with E-state index in [1.54, 1.807) is 0 Å². The minimum atomic E-state index is 0.0903. The fraction of sp³-hybridized carbons (Fsp3) is 0.409. The van der Waals surface area contributed by atoms with Gasteiger partial charge in [-0.25, -0.2) is 0 Å². The molecule has 1 amide bonds. The number of amides is 1. The second kappa shape index (κ2) is 8.02. The summed E-state index contributed by atoms with van der Waals surface area (Å²) in [6.45, 7) is 3.47. The van der Waals surface area contributed by atoms with Gasteiger partial charge in [0.1, 0.15) is 0 Å². The zero-order chi connectivity index (χ0) is 17.8. The van der Waals surface area contributed by atoms with Gasteiger partial charge in [-0.2, -0.15) is 0 Å². The van der Waals surface area contributed by atoms with Crippen molar-refractivity contribution in [3.05, 3.63) is 59.7 Å². The lowest BCUT2D eigenvalue weighted by Gasteiger charge is -2.26. The topological polar surface area (TPSA) is 38.8 Å². The van der Waals surface area contributed by atoms with E-state index in [0.29, 0.717) is 32.4 Å². The van der Waals surface area contributed by atoms with E-state index < -0.39 is 0 Å². The van der Waals surface area contributed by atoms with Crippen molar-refractivity contribution in [2.24, 2.45) is 0 Å². The van der Waals surface area contributed by atoms with Crippen LogP contribution in [0.15, 0.2) is 48.5 Å². The maximum absolute atomic E-state index is 12.6. The molecule has 26 heavy (non-hydrogen) atoms. The van der Waals surface area contributed by atoms with Gasteiger partial charge in [-0.05, 0) is 48.1 Å². The van der Waals surface area contributed by atoms with Crippen molar-refractivity contribution in [3.63, 3.8) is 0 Å².